The number of hydrogen-bond donors (Lipinski definition) is 1. The molecule has 0 unspecified atom stereocenters. The van der Waals surface area contributed by atoms with Crippen LogP contribution in [0.25, 0.3) is 0 Å². The van der Waals surface area contributed by atoms with Crippen molar-refractivity contribution in [2.45, 2.75) is 11.3 Å². The minimum absolute atomic E-state index is 0.0151. The molecule has 2 N–H and O–H groups in total. The number of rotatable bonds is 5. The van der Waals surface area contributed by atoms with Crippen molar-refractivity contribution in [3.05, 3.63) is 24.3 Å². The fraction of sp³-hybridized carbons (Fsp3) is 0.364. The molecule has 0 aliphatic rings. The Balaban J connectivity index is 2.80. The Morgan fingerprint density at radius 1 is 1.33 bits per heavy atom. The normalized spacial score (nSPS) is 11.5. The molecule has 0 aliphatic heterocycles. The van der Waals surface area contributed by atoms with Crippen LogP contribution in [0.3, 0.4) is 0 Å². The molecule has 0 atom stereocenters. The Labute approximate surface area is 106 Å². The number of nitrogens with zero attached hydrogens (tertiary/aromatic N) is 1. The highest BCUT2D eigenvalue weighted by Crippen LogP contribution is 2.16. The van der Waals surface area contributed by atoms with Crippen LogP contribution < -0.4 is 5.73 Å². The highest BCUT2D eigenvalue weighted by molar-refractivity contribution is 7.89. The Kier molecular flexibility index (Phi) is 4.69. The second-order valence-corrected chi connectivity index (χ2v) is 5.77. The van der Waals surface area contributed by atoms with E-state index in [9.17, 15) is 13.2 Å². The summed E-state index contributed by atoms with van der Waals surface area (Å²) in [6.07, 6.45) is 0.0151. The van der Waals surface area contributed by atoms with Gasteiger partial charge in [0, 0.05) is 19.3 Å². The van der Waals surface area contributed by atoms with Crippen LogP contribution in [0.4, 0.5) is 5.69 Å². The topological polar surface area (TPSA) is 89.7 Å². The average molecular weight is 272 g/mol. The molecular weight excluding hydrogens is 256 g/mol. The molecule has 1 aromatic carbocycles. The predicted molar refractivity (Wildman–Crippen MR) is 67.3 cm³/mol. The van der Waals surface area contributed by atoms with E-state index in [1.54, 1.807) is 0 Å². The Bertz CT molecular complexity index is 510. The number of methoxy groups -OCH3 is 1. The van der Waals surface area contributed by atoms with Crippen molar-refractivity contribution in [2.75, 3.05) is 26.4 Å². The number of sulfonamides is 1. The average Bonchev–Trinajstić information content (AvgIpc) is 2.35. The minimum atomic E-state index is -3.59. The van der Waals surface area contributed by atoms with E-state index < -0.39 is 16.0 Å². The molecule has 1 aromatic rings. The zero-order valence-electron chi connectivity index (χ0n) is 10.3. The van der Waals surface area contributed by atoms with Gasteiger partial charge in [-0.15, -0.1) is 0 Å². The van der Waals surface area contributed by atoms with E-state index in [1.807, 2.05) is 0 Å². The van der Waals surface area contributed by atoms with Gasteiger partial charge in [0.05, 0.1) is 18.4 Å². The molecule has 7 heteroatoms. The first-order chi connectivity index (χ1) is 8.37. The Morgan fingerprint density at radius 2 is 1.89 bits per heavy atom. The first-order valence-electron chi connectivity index (χ1n) is 5.26. The molecular formula is C11H16N2O4S. The Hall–Kier alpha value is -1.60. The third-order valence-electron chi connectivity index (χ3n) is 2.45. The fourth-order valence-corrected chi connectivity index (χ4v) is 2.46. The second kappa shape index (κ2) is 5.83. The number of hydrogen-bond acceptors (Lipinski definition) is 5. The van der Waals surface area contributed by atoms with Crippen molar-refractivity contribution in [3.8, 4) is 0 Å². The molecule has 6 nitrogen and oxygen atoms in total. The van der Waals surface area contributed by atoms with Crippen molar-refractivity contribution >= 4 is 21.7 Å². The van der Waals surface area contributed by atoms with Crippen LogP contribution in [0.15, 0.2) is 29.2 Å². The summed E-state index contributed by atoms with van der Waals surface area (Å²) in [5, 5.41) is 0. The van der Waals surface area contributed by atoms with Crippen LogP contribution in [0.2, 0.25) is 0 Å². The summed E-state index contributed by atoms with van der Waals surface area (Å²) in [7, 11) is -0.918. The summed E-state index contributed by atoms with van der Waals surface area (Å²) >= 11 is 0. The minimum Gasteiger partial charge on any atom is -0.469 e. The summed E-state index contributed by atoms with van der Waals surface area (Å²) in [6, 6.07) is 5.89. The predicted octanol–water partition coefficient (Wildman–Crippen LogP) is 0.452. The van der Waals surface area contributed by atoms with Gasteiger partial charge in [-0.1, -0.05) is 0 Å². The third-order valence-corrected chi connectivity index (χ3v) is 4.32. The number of carbonyl (C=O) groups excluding carboxylic acids is 1. The molecule has 0 bridgehead atoms. The van der Waals surface area contributed by atoms with Crippen LogP contribution in [0, 0.1) is 0 Å². The van der Waals surface area contributed by atoms with Gasteiger partial charge in [0.15, 0.2) is 0 Å². The van der Waals surface area contributed by atoms with Crippen molar-refractivity contribution in [1.29, 1.82) is 0 Å². The molecule has 18 heavy (non-hydrogen) atoms. The number of esters is 1. The van der Waals surface area contributed by atoms with Gasteiger partial charge in [-0.05, 0) is 24.3 Å². The van der Waals surface area contributed by atoms with E-state index in [0.29, 0.717) is 5.69 Å². The van der Waals surface area contributed by atoms with Gasteiger partial charge in [-0.3, -0.25) is 4.79 Å². The van der Waals surface area contributed by atoms with Gasteiger partial charge >= 0.3 is 5.97 Å². The maximum atomic E-state index is 12.1. The maximum Gasteiger partial charge on any atom is 0.306 e. The lowest BCUT2D eigenvalue weighted by Gasteiger charge is -2.16. The first kappa shape index (κ1) is 14.5. The monoisotopic (exact) mass is 272 g/mol. The zero-order valence-corrected chi connectivity index (χ0v) is 11.1. The summed E-state index contributed by atoms with van der Waals surface area (Å²) in [5.41, 5.74) is 5.98. The maximum absolute atomic E-state index is 12.1. The summed E-state index contributed by atoms with van der Waals surface area (Å²) in [6.45, 7) is 0.0688. The number of nitrogen functional groups attached to an aromatic ring is 1. The SMILES string of the molecule is COC(=O)CCN(C)S(=O)(=O)c1ccc(N)cc1. The van der Waals surface area contributed by atoms with E-state index in [1.165, 1.54) is 38.4 Å². The van der Waals surface area contributed by atoms with Crippen LogP contribution >= 0.6 is 0 Å². The van der Waals surface area contributed by atoms with Gasteiger partial charge in [-0.2, -0.15) is 0 Å². The second-order valence-electron chi connectivity index (χ2n) is 3.72. The van der Waals surface area contributed by atoms with Crippen LogP contribution in [0.1, 0.15) is 6.42 Å². The van der Waals surface area contributed by atoms with Crippen molar-refractivity contribution in [1.82, 2.24) is 4.31 Å². The quantitative estimate of drug-likeness (QED) is 0.621. The lowest BCUT2D eigenvalue weighted by Crippen LogP contribution is -2.29. The number of ether oxygens (including phenoxy) is 1. The molecule has 1 rings (SSSR count). The standard InChI is InChI=1S/C11H16N2O4S/c1-13(8-7-11(14)17-2)18(15,16)10-5-3-9(12)4-6-10/h3-6H,7-8,12H2,1-2H3. The van der Waals surface area contributed by atoms with E-state index in [-0.39, 0.29) is 17.9 Å². The summed E-state index contributed by atoms with van der Waals surface area (Å²) in [4.78, 5) is 11.1. The third kappa shape index (κ3) is 3.44. The fourth-order valence-electron chi connectivity index (χ4n) is 1.29. The molecule has 100 valence electrons. The first-order valence-corrected chi connectivity index (χ1v) is 6.70. The van der Waals surface area contributed by atoms with Crippen LogP contribution in [-0.2, 0) is 19.6 Å². The van der Waals surface area contributed by atoms with E-state index in [2.05, 4.69) is 4.74 Å². The smallest absolute Gasteiger partial charge is 0.306 e. The number of anilines is 1. The number of benzene rings is 1. The van der Waals surface area contributed by atoms with E-state index in [0.717, 1.165) is 4.31 Å². The highest BCUT2D eigenvalue weighted by Gasteiger charge is 2.21. The molecule has 0 saturated heterocycles. The van der Waals surface area contributed by atoms with Crippen molar-refractivity contribution in [2.24, 2.45) is 0 Å². The van der Waals surface area contributed by atoms with Crippen molar-refractivity contribution < 1.29 is 17.9 Å². The molecule has 0 heterocycles. The summed E-state index contributed by atoms with van der Waals surface area (Å²) < 4.78 is 29.7. The van der Waals surface area contributed by atoms with Gasteiger partial charge in [0.1, 0.15) is 0 Å². The van der Waals surface area contributed by atoms with Gasteiger partial charge in [-0.25, -0.2) is 12.7 Å². The summed E-state index contributed by atoms with van der Waals surface area (Å²) in [5.74, 6) is -0.450. The van der Waals surface area contributed by atoms with E-state index in [4.69, 9.17) is 5.73 Å². The van der Waals surface area contributed by atoms with E-state index >= 15 is 0 Å². The molecule has 0 radical (unpaired) electrons. The lowest BCUT2D eigenvalue weighted by atomic mass is 10.3. The highest BCUT2D eigenvalue weighted by atomic mass is 32.2. The van der Waals surface area contributed by atoms with Gasteiger partial charge in [0.2, 0.25) is 10.0 Å². The Morgan fingerprint density at radius 3 is 2.39 bits per heavy atom. The largest absolute Gasteiger partial charge is 0.469 e. The number of carbonyl (C=O) groups is 1. The molecule has 0 spiro atoms. The number of nitrogens with two attached hydrogens (primary N) is 1. The molecule has 0 fully saturated rings. The van der Waals surface area contributed by atoms with Gasteiger partial charge in [0.25, 0.3) is 0 Å². The van der Waals surface area contributed by atoms with Crippen molar-refractivity contribution in [3.63, 3.8) is 0 Å². The molecule has 0 saturated carbocycles. The lowest BCUT2D eigenvalue weighted by molar-refractivity contribution is -0.140. The van der Waals surface area contributed by atoms with Crippen LogP contribution in [0.5, 0.6) is 0 Å². The zero-order chi connectivity index (χ0) is 13.8. The molecule has 0 aromatic heterocycles. The molecule has 0 amide bonds. The van der Waals surface area contributed by atoms with Gasteiger partial charge < -0.3 is 10.5 Å². The van der Waals surface area contributed by atoms with Crippen LogP contribution in [-0.4, -0.2) is 39.4 Å². The molecule has 0 aliphatic carbocycles.